The van der Waals surface area contributed by atoms with E-state index in [1.165, 1.54) is 38.5 Å². The number of carbonyl (C=O) groups excluding carboxylic acids is 1. The molecule has 0 unspecified atom stereocenters. The number of carbonyl (C=O) groups is 1. The zero-order valence-corrected chi connectivity index (χ0v) is 13.1. The topological polar surface area (TPSA) is 57.8 Å². The molecule has 22 heavy (non-hydrogen) atoms. The van der Waals surface area contributed by atoms with Crippen LogP contribution in [0.5, 0.6) is 0 Å². The molecule has 4 heteroatoms. The molecule has 1 amide bonds. The summed E-state index contributed by atoms with van der Waals surface area (Å²) in [6.45, 7) is 0.930. The van der Waals surface area contributed by atoms with E-state index in [1.54, 1.807) is 6.33 Å². The molecule has 2 atom stereocenters. The molecule has 5 aliphatic rings. The van der Waals surface area contributed by atoms with Crippen molar-refractivity contribution < 1.29 is 4.79 Å². The fourth-order valence-corrected chi connectivity index (χ4v) is 6.20. The van der Waals surface area contributed by atoms with Crippen molar-refractivity contribution in [2.75, 3.05) is 6.54 Å². The highest BCUT2D eigenvalue weighted by Crippen LogP contribution is 2.59. The van der Waals surface area contributed by atoms with Crippen LogP contribution in [0.25, 0.3) is 0 Å². The fraction of sp³-hybridized carbons (Fsp3) is 0.778. The molecule has 6 rings (SSSR count). The molecule has 0 radical (unpaired) electrons. The SMILES string of the molecule is O=C(NCC12CC3CC(CC(C3)C1)C2)[C@H]1C[C@@H]1c1c[nH]cn1. The van der Waals surface area contributed by atoms with Crippen LogP contribution in [0.1, 0.15) is 56.6 Å². The first-order valence-electron chi connectivity index (χ1n) is 8.97. The minimum atomic E-state index is 0.164. The zero-order chi connectivity index (χ0) is 14.7. The quantitative estimate of drug-likeness (QED) is 0.898. The van der Waals surface area contributed by atoms with Crippen molar-refractivity contribution in [3.05, 3.63) is 18.2 Å². The van der Waals surface area contributed by atoms with E-state index in [4.69, 9.17) is 0 Å². The van der Waals surface area contributed by atoms with Gasteiger partial charge >= 0.3 is 0 Å². The van der Waals surface area contributed by atoms with Gasteiger partial charge in [-0.1, -0.05) is 0 Å². The van der Waals surface area contributed by atoms with Crippen LogP contribution in [-0.4, -0.2) is 22.4 Å². The summed E-state index contributed by atoms with van der Waals surface area (Å²) in [5.41, 5.74) is 1.50. The van der Waals surface area contributed by atoms with Crippen LogP contribution in [-0.2, 0) is 4.79 Å². The van der Waals surface area contributed by atoms with E-state index < -0.39 is 0 Å². The van der Waals surface area contributed by atoms with Crippen LogP contribution in [0.2, 0.25) is 0 Å². The van der Waals surface area contributed by atoms with Crippen molar-refractivity contribution in [2.45, 2.75) is 50.9 Å². The summed E-state index contributed by atoms with van der Waals surface area (Å²) < 4.78 is 0. The van der Waals surface area contributed by atoms with Crippen LogP contribution in [0.4, 0.5) is 0 Å². The van der Waals surface area contributed by atoms with Gasteiger partial charge in [0.1, 0.15) is 0 Å². The predicted octanol–water partition coefficient (Wildman–Crippen LogP) is 2.85. The van der Waals surface area contributed by atoms with Gasteiger partial charge < -0.3 is 10.3 Å². The lowest BCUT2D eigenvalue weighted by Gasteiger charge is -2.56. The van der Waals surface area contributed by atoms with Crippen molar-refractivity contribution in [2.24, 2.45) is 29.1 Å². The molecule has 4 bridgehead atoms. The molecule has 0 aliphatic heterocycles. The second kappa shape index (κ2) is 4.59. The van der Waals surface area contributed by atoms with Crippen LogP contribution >= 0.6 is 0 Å². The van der Waals surface area contributed by atoms with Gasteiger partial charge in [0.05, 0.1) is 12.0 Å². The summed E-state index contributed by atoms with van der Waals surface area (Å²) in [5.74, 6) is 3.66. The molecular weight excluding hydrogens is 274 g/mol. The monoisotopic (exact) mass is 299 g/mol. The third-order valence-electron chi connectivity index (χ3n) is 6.83. The van der Waals surface area contributed by atoms with Gasteiger partial charge in [0.15, 0.2) is 0 Å². The Morgan fingerprint density at radius 1 is 1.18 bits per heavy atom. The standard InChI is InChI=1S/C18H25N3O/c22-17(15-4-14(15)16-8-19-10-21-16)20-9-18-5-11-1-12(6-18)3-13(2-11)7-18/h8,10-15H,1-7,9H2,(H,19,21)(H,20,22)/t11?,12?,13?,14-,15-,18?/m0/s1. The molecule has 5 fully saturated rings. The molecule has 0 spiro atoms. The van der Waals surface area contributed by atoms with E-state index >= 15 is 0 Å². The number of imidazole rings is 1. The summed E-state index contributed by atoms with van der Waals surface area (Å²) in [6, 6.07) is 0. The number of aromatic nitrogens is 2. The Labute approximate surface area is 131 Å². The van der Waals surface area contributed by atoms with Gasteiger partial charge in [-0.3, -0.25) is 4.79 Å². The third kappa shape index (κ3) is 2.10. The van der Waals surface area contributed by atoms with Crippen molar-refractivity contribution in [1.82, 2.24) is 15.3 Å². The molecule has 118 valence electrons. The molecule has 2 N–H and O–H groups in total. The number of H-pyrrole nitrogens is 1. The number of nitrogens with one attached hydrogen (secondary N) is 2. The van der Waals surface area contributed by atoms with E-state index in [-0.39, 0.29) is 11.8 Å². The van der Waals surface area contributed by atoms with E-state index in [9.17, 15) is 4.79 Å². The highest BCUT2D eigenvalue weighted by atomic mass is 16.2. The van der Waals surface area contributed by atoms with Crippen molar-refractivity contribution >= 4 is 5.91 Å². The van der Waals surface area contributed by atoms with Gasteiger partial charge in [0.2, 0.25) is 5.91 Å². The van der Waals surface area contributed by atoms with Crippen LogP contribution in [0.3, 0.4) is 0 Å². The second-order valence-corrected chi connectivity index (χ2v) is 8.58. The van der Waals surface area contributed by atoms with Gasteiger partial charge in [-0.2, -0.15) is 0 Å². The van der Waals surface area contributed by atoms with E-state index in [2.05, 4.69) is 15.3 Å². The molecule has 0 aromatic carbocycles. The summed E-state index contributed by atoms with van der Waals surface area (Å²) in [7, 11) is 0. The Morgan fingerprint density at radius 2 is 1.86 bits per heavy atom. The lowest BCUT2D eigenvalue weighted by atomic mass is 9.49. The molecular formula is C18H25N3O. The van der Waals surface area contributed by atoms with Gasteiger partial charge in [-0.05, 0) is 68.1 Å². The van der Waals surface area contributed by atoms with Gasteiger partial charge in [-0.15, -0.1) is 0 Å². The Bertz CT molecular complexity index is 544. The van der Waals surface area contributed by atoms with E-state index in [0.29, 0.717) is 11.3 Å². The minimum absolute atomic E-state index is 0.164. The van der Waals surface area contributed by atoms with E-state index in [1.807, 2.05) is 6.20 Å². The van der Waals surface area contributed by atoms with E-state index in [0.717, 1.165) is 36.4 Å². The molecule has 5 aliphatic carbocycles. The van der Waals surface area contributed by atoms with Crippen molar-refractivity contribution in [3.63, 3.8) is 0 Å². The highest BCUT2D eigenvalue weighted by Gasteiger charge is 2.51. The largest absolute Gasteiger partial charge is 0.355 e. The maximum atomic E-state index is 12.5. The highest BCUT2D eigenvalue weighted by molar-refractivity contribution is 5.82. The maximum Gasteiger partial charge on any atom is 0.223 e. The first-order valence-corrected chi connectivity index (χ1v) is 8.97. The zero-order valence-electron chi connectivity index (χ0n) is 13.1. The summed E-state index contributed by atoms with van der Waals surface area (Å²) >= 11 is 0. The Morgan fingerprint density at radius 3 is 2.45 bits per heavy atom. The van der Waals surface area contributed by atoms with Crippen LogP contribution in [0, 0.1) is 29.1 Å². The normalized spacial score (nSPS) is 45.0. The Hall–Kier alpha value is -1.32. The van der Waals surface area contributed by atoms with Gasteiger partial charge in [-0.25, -0.2) is 4.98 Å². The number of nitrogens with zero attached hydrogens (tertiary/aromatic N) is 1. The molecule has 0 saturated heterocycles. The van der Waals surface area contributed by atoms with Crippen LogP contribution in [0.15, 0.2) is 12.5 Å². The lowest BCUT2D eigenvalue weighted by Crippen LogP contribution is -2.51. The Kier molecular flexibility index (Phi) is 2.74. The maximum absolute atomic E-state index is 12.5. The molecule has 1 heterocycles. The molecule has 4 nitrogen and oxygen atoms in total. The fourth-order valence-electron chi connectivity index (χ4n) is 6.20. The third-order valence-corrected chi connectivity index (χ3v) is 6.83. The number of amides is 1. The lowest BCUT2D eigenvalue weighted by molar-refractivity contribution is -0.124. The number of rotatable bonds is 4. The molecule has 5 saturated carbocycles. The number of hydrogen-bond acceptors (Lipinski definition) is 2. The average Bonchev–Trinajstić information content (AvgIpc) is 3.09. The Balaban J connectivity index is 1.20. The summed E-state index contributed by atoms with van der Waals surface area (Å²) in [6.07, 6.45) is 13.1. The predicted molar refractivity (Wildman–Crippen MR) is 83.1 cm³/mol. The van der Waals surface area contributed by atoms with Gasteiger partial charge in [0, 0.05) is 24.6 Å². The first kappa shape index (κ1) is 13.1. The smallest absolute Gasteiger partial charge is 0.223 e. The number of hydrogen-bond donors (Lipinski definition) is 2. The first-order chi connectivity index (χ1) is 10.7. The minimum Gasteiger partial charge on any atom is -0.355 e. The molecule has 1 aromatic rings. The van der Waals surface area contributed by atoms with Crippen molar-refractivity contribution in [1.29, 1.82) is 0 Å². The second-order valence-electron chi connectivity index (χ2n) is 8.58. The van der Waals surface area contributed by atoms with Crippen LogP contribution < -0.4 is 5.32 Å². The summed E-state index contributed by atoms with van der Waals surface area (Å²) in [5, 5.41) is 3.32. The van der Waals surface area contributed by atoms with Gasteiger partial charge in [0.25, 0.3) is 0 Å². The average molecular weight is 299 g/mol. The summed E-state index contributed by atoms with van der Waals surface area (Å²) in [4.78, 5) is 19.7. The van der Waals surface area contributed by atoms with Crippen molar-refractivity contribution in [3.8, 4) is 0 Å². The number of aromatic amines is 1. The molecule has 1 aromatic heterocycles.